The lowest BCUT2D eigenvalue weighted by Gasteiger charge is -2.28. The Balaban J connectivity index is 1.41. The van der Waals surface area contributed by atoms with Crippen LogP contribution in [0.4, 0.5) is 5.00 Å². The molecule has 7 heteroatoms. The molecule has 1 N–H and O–H groups in total. The molecule has 6 nitrogen and oxygen atoms in total. The largest absolute Gasteiger partial charge is 0.379 e. The topological polar surface area (TPSA) is 60.0 Å². The first kappa shape index (κ1) is 24.4. The maximum absolute atomic E-state index is 13.1. The fraction of sp³-hybridized carbons (Fsp3) is 0.370. The van der Waals surface area contributed by atoms with Gasteiger partial charge in [-0.2, -0.15) is 0 Å². The number of hydrogen-bond donors (Lipinski definition) is 1. The molecular formula is C27H32N2O4S. The second-order valence-corrected chi connectivity index (χ2v) is 9.08. The molecule has 34 heavy (non-hydrogen) atoms. The highest BCUT2D eigenvalue weighted by atomic mass is 32.1. The maximum Gasteiger partial charge on any atom is 0.261 e. The van der Waals surface area contributed by atoms with Gasteiger partial charge >= 0.3 is 0 Å². The van der Waals surface area contributed by atoms with Crippen molar-refractivity contribution in [2.24, 2.45) is 0 Å². The number of benzene rings is 2. The van der Waals surface area contributed by atoms with Crippen molar-refractivity contribution in [2.75, 3.05) is 51.0 Å². The van der Waals surface area contributed by atoms with E-state index in [-0.39, 0.29) is 5.91 Å². The normalized spacial score (nSPS) is 13.7. The van der Waals surface area contributed by atoms with Crippen LogP contribution in [-0.2, 0) is 27.4 Å². The third kappa shape index (κ3) is 6.67. The summed E-state index contributed by atoms with van der Waals surface area (Å²) >= 11 is 1.55. The molecule has 2 heterocycles. The Hall–Kier alpha value is -2.71. The summed E-state index contributed by atoms with van der Waals surface area (Å²) in [4.78, 5) is 16.1. The van der Waals surface area contributed by atoms with Gasteiger partial charge in [-0.25, -0.2) is 0 Å². The second kappa shape index (κ2) is 12.7. The SMILES string of the molecule is CCOCCOCc1cccc(CNC(=O)c2cc(-c3ccccc3)c(N3CCOCC3)s2)c1. The number of hydrogen-bond acceptors (Lipinski definition) is 6. The third-order valence-electron chi connectivity index (χ3n) is 5.61. The molecule has 1 aromatic heterocycles. The first-order valence-electron chi connectivity index (χ1n) is 11.8. The number of anilines is 1. The van der Waals surface area contributed by atoms with Gasteiger partial charge in [0, 0.05) is 31.8 Å². The van der Waals surface area contributed by atoms with E-state index >= 15 is 0 Å². The molecule has 1 fully saturated rings. The minimum absolute atomic E-state index is 0.0555. The van der Waals surface area contributed by atoms with E-state index in [4.69, 9.17) is 14.2 Å². The summed E-state index contributed by atoms with van der Waals surface area (Å²) in [6.45, 7) is 7.93. The summed E-state index contributed by atoms with van der Waals surface area (Å²) in [5.74, 6) is -0.0555. The number of amides is 1. The zero-order valence-corrected chi connectivity index (χ0v) is 20.4. The van der Waals surface area contributed by atoms with Crippen molar-refractivity contribution in [2.45, 2.75) is 20.1 Å². The van der Waals surface area contributed by atoms with Crippen LogP contribution in [0.15, 0.2) is 60.7 Å². The Labute approximate surface area is 205 Å². The van der Waals surface area contributed by atoms with Crippen LogP contribution < -0.4 is 10.2 Å². The predicted octanol–water partition coefficient (Wildman–Crippen LogP) is 4.73. The van der Waals surface area contributed by atoms with Gasteiger partial charge in [0.25, 0.3) is 5.91 Å². The third-order valence-corrected chi connectivity index (χ3v) is 6.80. The predicted molar refractivity (Wildman–Crippen MR) is 137 cm³/mol. The monoisotopic (exact) mass is 480 g/mol. The van der Waals surface area contributed by atoms with Gasteiger partial charge in [-0.3, -0.25) is 4.79 Å². The molecule has 0 unspecified atom stereocenters. The van der Waals surface area contributed by atoms with Crippen molar-refractivity contribution in [1.29, 1.82) is 0 Å². The van der Waals surface area contributed by atoms with E-state index in [1.54, 1.807) is 11.3 Å². The Morgan fingerprint density at radius 2 is 1.76 bits per heavy atom. The summed E-state index contributed by atoms with van der Waals surface area (Å²) in [6.07, 6.45) is 0. The lowest BCUT2D eigenvalue weighted by Crippen LogP contribution is -2.35. The van der Waals surface area contributed by atoms with E-state index in [1.165, 1.54) is 0 Å². The van der Waals surface area contributed by atoms with Gasteiger partial charge in [0.05, 0.1) is 42.9 Å². The smallest absolute Gasteiger partial charge is 0.261 e. The second-order valence-electron chi connectivity index (χ2n) is 8.05. The summed E-state index contributed by atoms with van der Waals surface area (Å²) in [6, 6.07) is 20.4. The molecule has 1 amide bonds. The molecule has 0 aliphatic carbocycles. The lowest BCUT2D eigenvalue weighted by molar-refractivity contribution is 0.0453. The van der Waals surface area contributed by atoms with Crippen molar-refractivity contribution < 1.29 is 19.0 Å². The minimum atomic E-state index is -0.0555. The number of carbonyl (C=O) groups is 1. The van der Waals surface area contributed by atoms with E-state index in [9.17, 15) is 4.79 Å². The maximum atomic E-state index is 13.1. The van der Waals surface area contributed by atoms with Crippen LogP contribution in [0, 0.1) is 0 Å². The fourth-order valence-corrected chi connectivity index (χ4v) is 5.02. The highest BCUT2D eigenvalue weighted by molar-refractivity contribution is 7.18. The van der Waals surface area contributed by atoms with Gasteiger partial charge < -0.3 is 24.4 Å². The van der Waals surface area contributed by atoms with Crippen LogP contribution >= 0.6 is 11.3 Å². The lowest BCUT2D eigenvalue weighted by atomic mass is 10.1. The fourth-order valence-electron chi connectivity index (χ4n) is 3.87. The molecule has 0 atom stereocenters. The number of carbonyl (C=O) groups excluding carboxylic acids is 1. The Morgan fingerprint density at radius 3 is 2.56 bits per heavy atom. The Bertz CT molecular complexity index is 1050. The van der Waals surface area contributed by atoms with Gasteiger partial charge in [-0.1, -0.05) is 54.6 Å². The Kier molecular flexibility index (Phi) is 9.10. The van der Waals surface area contributed by atoms with Crippen LogP contribution in [0.1, 0.15) is 27.7 Å². The van der Waals surface area contributed by atoms with E-state index < -0.39 is 0 Å². The van der Waals surface area contributed by atoms with Crippen LogP contribution in [0.5, 0.6) is 0 Å². The molecule has 1 aliphatic rings. The molecule has 0 spiro atoms. The van der Waals surface area contributed by atoms with Crippen LogP contribution in [0.2, 0.25) is 0 Å². The molecule has 4 rings (SSSR count). The first-order chi connectivity index (χ1) is 16.7. The quantitative estimate of drug-likeness (QED) is 0.402. The number of ether oxygens (including phenoxy) is 3. The molecule has 180 valence electrons. The molecular weight excluding hydrogens is 448 g/mol. The summed E-state index contributed by atoms with van der Waals surface area (Å²) in [7, 11) is 0. The zero-order chi connectivity index (χ0) is 23.6. The first-order valence-corrected chi connectivity index (χ1v) is 12.6. The van der Waals surface area contributed by atoms with Gasteiger partial charge in [-0.15, -0.1) is 11.3 Å². The molecule has 0 radical (unpaired) electrons. The number of nitrogens with one attached hydrogen (secondary N) is 1. The molecule has 1 saturated heterocycles. The highest BCUT2D eigenvalue weighted by Gasteiger charge is 2.21. The molecule has 1 aliphatic heterocycles. The van der Waals surface area contributed by atoms with E-state index in [2.05, 4.69) is 28.4 Å². The van der Waals surface area contributed by atoms with Crippen LogP contribution in [-0.4, -0.2) is 52.0 Å². The molecule has 0 bridgehead atoms. The summed E-state index contributed by atoms with van der Waals surface area (Å²) < 4.78 is 16.5. The molecule has 0 saturated carbocycles. The zero-order valence-electron chi connectivity index (χ0n) is 19.6. The Morgan fingerprint density at radius 1 is 1.00 bits per heavy atom. The van der Waals surface area contributed by atoms with Crippen LogP contribution in [0.3, 0.4) is 0 Å². The van der Waals surface area contributed by atoms with E-state index in [1.807, 2.05) is 49.4 Å². The van der Waals surface area contributed by atoms with Gasteiger partial charge in [0.1, 0.15) is 0 Å². The van der Waals surface area contributed by atoms with Gasteiger partial charge in [-0.05, 0) is 29.7 Å². The van der Waals surface area contributed by atoms with E-state index in [0.717, 1.165) is 45.2 Å². The van der Waals surface area contributed by atoms with Crippen LogP contribution in [0.25, 0.3) is 11.1 Å². The van der Waals surface area contributed by atoms with Crippen molar-refractivity contribution in [3.05, 3.63) is 76.7 Å². The van der Waals surface area contributed by atoms with Crippen molar-refractivity contribution in [3.8, 4) is 11.1 Å². The summed E-state index contributed by atoms with van der Waals surface area (Å²) in [5, 5.41) is 4.22. The van der Waals surface area contributed by atoms with Crippen molar-refractivity contribution in [1.82, 2.24) is 5.32 Å². The molecule has 2 aromatic carbocycles. The number of morpholine rings is 1. The number of nitrogens with zero attached hydrogens (tertiary/aromatic N) is 1. The molecule has 3 aromatic rings. The minimum Gasteiger partial charge on any atom is -0.379 e. The van der Waals surface area contributed by atoms with E-state index in [0.29, 0.717) is 46.2 Å². The number of thiophene rings is 1. The van der Waals surface area contributed by atoms with Gasteiger partial charge in [0.2, 0.25) is 0 Å². The van der Waals surface area contributed by atoms with Gasteiger partial charge in [0.15, 0.2) is 0 Å². The van der Waals surface area contributed by atoms with Crippen molar-refractivity contribution in [3.63, 3.8) is 0 Å². The average Bonchev–Trinajstić information content (AvgIpc) is 3.34. The standard InChI is InChI=1S/C27H32N2O4S/c1-2-31-15-16-33-20-22-8-6-7-21(17-22)19-28-26(30)25-18-24(23-9-4-3-5-10-23)27(34-25)29-11-13-32-14-12-29/h3-10,17-18H,2,11-16,19-20H2,1H3,(H,28,30). The summed E-state index contributed by atoms with van der Waals surface area (Å²) in [5.41, 5.74) is 4.35. The van der Waals surface area contributed by atoms with Crippen molar-refractivity contribution >= 4 is 22.2 Å². The highest BCUT2D eigenvalue weighted by Crippen LogP contribution is 2.39. The number of rotatable bonds is 11. The average molecular weight is 481 g/mol.